The number of aliphatic hydroxyl groups is 2. The second-order valence-electron chi connectivity index (χ2n) is 3.77. The highest BCUT2D eigenvalue weighted by Crippen LogP contribution is 2.30. The highest BCUT2D eigenvalue weighted by atomic mass is 32.1. The maximum absolute atomic E-state index is 8.95. The van der Waals surface area contributed by atoms with Crippen LogP contribution in [0.25, 0.3) is 0 Å². The van der Waals surface area contributed by atoms with Crippen molar-refractivity contribution in [2.45, 2.75) is 12.6 Å². The zero-order valence-corrected chi connectivity index (χ0v) is 11.1. The smallest absolute Gasteiger partial charge is 0.230 e. The molecule has 0 aliphatic rings. The lowest BCUT2D eigenvalue weighted by Gasteiger charge is -2.12. The Kier molecular flexibility index (Phi) is 5.63. The average molecular weight is 261 g/mol. The number of rotatable bonds is 7. The van der Waals surface area contributed by atoms with Crippen LogP contribution in [-0.4, -0.2) is 55.7 Å². The summed E-state index contributed by atoms with van der Waals surface area (Å²) < 4.78 is 5.18. The first-order valence-corrected chi connectivity index (χ1v) is 6.10. The van der Waals surface area contributed by atoms with Gasteiger partial charge in [0.2, 0.25) is 5.88 Å². The van der Waals surface area contributed by atoms with E-state index in [-0.39, 0.29) is 19.3 Å². The van der Waals surface area contributed by atoms with Gasteiger partial charge < -0.3 is 25.2 Å². The molecular formula is C10H19N3O3S. The van der Waals surface area contributed by atoms with Crippen molar-refractivity contribution in [3.63, 3.8) is 0 Å². The topological polar surface area (TPSA) is 77.9 Å². The number of thiazole rings is 1. The predicted molar refractivity (Wildman–Crippen MR) is 67.8 cm³/mol. The Balaban J connectivity index is 2.69. The van der Waals surface area contributed by atoms with Crippen molar-refractivity contribution in [2.24, 2.45) is 0 Å². The Bertz CT molecular complexity index is 340. The molecule has 0 bridgehead atoms. The maximum Gasteiger partial charge on any atom is 0.230 e. The van der Waals surface area contributed by atoms with Gasteiger partial charge in [-0.25, -0.2) is 0 Å². The fraction of sp³-hybridized carbons (Fsp3) is 0.700. The van der Waals surface area contributed by atoms with E-state index in [0.717, 1.165) is 10.0 Å². The quantitative estimate of drug-likeness (QED) is 0.623. The molecular weight excluding hydrogens is 242 g/mol. The minimum absolute atomic E-state index is 0.0991. The molecule has 0 atom stereocenters. The Morgan fingerprint density at radius 2 is 2.06 bits per heavy atom. The van der Waals surface area contributed by atoms with Crippen LogP contribution in [0.5, 0.6) is 5.88 Å². The number of aromatic nitrogens is 1. The molecule has 0 saturated heterocycles. The van der Waals surface area contributed by atoms with Crippen LogP contribution >= 0.6 is 11.3 Å². The van der Waals surface area contributed by atoms with Crippen LogP contribution < -0.4 is 15.0 Å². The Morgan fingerprint density at radius 1 is 1.41 bits per heavy atom. The molecule has 1 rings (SSSR count). The molecule has 17 heavy (non-hydrogen) atoms. The van der Waals surface area contributed by atoms with Crippen molar-refractivity contribution in [2.75, 3.05) is 39.3 Å². The zero-order valence-electron chi connectivity index (χ0n) is 10.3. The second kappa shape index (κ2) is 6.75. The molecule has 7 heteroatoms. The highest BCUT2D eigenvalue weighted by molar-refractivity contribution is 7.15. The zero-order chi connectivity index (χ0) is 12.8. The van der Waals surface area contributed by atoms with Gasteiger partial charge >= 0.3 is 0 Å². The van der Waals surface area contributed by atoms with E-state index in [1.807, 2.05) is 19.0 Å². The van der Waals surface area contributed by atoms with Crippen molar-refractivity contribution in [1.82, 2.24) is 10.3 Å². The second-order valence-corrected chi connectivity index (χ2v) is 4.83. The number of ether oxygens (including phenoxy) is 1. The third-order valence-electron chi connectivity index (χ3n) is 2.22. The van der Waals surface area contributed by atoms with Crippen LogP contribution in [0.1, 0.15) is 4.88 Å². The summed E-state index contributed by atoms with van der Waals surface area (Å²) >= 11 is 1.52. The summed E-state index contributed by atoms with van der Waals surface area (Å²) in [5.41, 5.74) is 0. The fourth-order valence-corrected chi connectivity index (χ4v) is 2.12. The molecule has 0 aliphatic heterocycles. The average Bonchev–Trinajstić information content (AvgIpc) is 2.74. The van der Waals surface area contributed by atoms with Crippen LogP contribution in [0.4, 0.5) is 5.13 Å². The SMILES string of the molecule is COc1nc(N(C)C)sc1CNC(CO)CO. The Morgan fingerprint density at radius 3 is 2.53 bits per heavy atom. The summed E-state index contributed by atoms with van der Waals surface area (Å²) in [5.74, 6) is 0.584. The molecule has 98 valence electrons. The molecule has 1 aromatic rings. The molecule has 6 nitrogen and oxygen atoms in total. The number of nitrogens with zero attached hydrogens (tertiary/aromatic N) is 2. The maximum atomic E-state index is 8.95. The minimum Gasteiger partial charge on any atom is -0.480 e. The van der Waals surface area contributed by atoms with E-state index in [9.17, 15) is 0 Å². The molecule has 3 N–H and O–H groups in total. The number of aliphatic hydroxyl groups excluding tert-OH is 2. The summed E-state index contributed by atoms with van der Waals surface area (Å²) in [6.45, 7) is 0.316. The Labute approximate surface area is 105 Å². The highest BCUT2D eigenvalue weighted by Gasteiger charge is 2.14. The van der Waals surface area contributed by atoms with Crippen molar-refractivity contribution in [3.8, 4) is 5.88 Å². The first-order chi connectivity index (χ1) is 8.12. The first kappa shape index (κ1) is 14.2. The third kappa shape index (κ3) is 3.81. The van der Waals surface area contributed by atoms with E-state index in [1.54, 1.807) is 7.11 Å². The molecule has 0 radical (unpaired) electrons. The van der Waals surface area contributed by atoms with E-state index in [0.29, 0.717) is 12.4 Å². The summed E-state index contributed by atoms with van der Waals surface area (Å²) in [6, 6.07) is -0.315. The first-order valence-electron chi connectivity index (χ1n) is 5.28. The van der Waals surface area contributed by atoms with E-state index in [4.69, 9.17) is 14.9 Å². The Hall–Kier alpha value is -0.890. The van der Waals surface area contributed by atoms with Gasteiger partial charge in [0, 0.05) is 20.6 Å². The van der Waals surface area contributed by atoms with Crippen LogP contribution in [-0.2, 0) is 6.54 Å². The molecule has 1 heterocycles. The van der Waals surface area contributed by atoms with Gasteiger partial charge in [0.25, 0.3) is 0 Å². The number of anilines is 1. The van der Waals surface area contributed by atoms with Crippen LogP contribution in [0, 0.1) is 0 Å². The lowest BCUT2D eigenvalue weighted by atomic mass is 10.3. The molecule has 0 fully saturated rings. The van der Waals surface area contributed by atoms with Gasteiger partial charge in [-0.2, -0.15) is 4.98 Å². The number of methoxy groups -OCH3 is 1. The minimum atomic E-state index is -0.315. The van der Waals surface area contributed by atoms with Crippen LogP contribution in [0.15, 0.2) is 0 Å². The predicted octanol–water partition coefficient (Wildman–Crippen LogP) is -0.339. The molecule has 0 spiro atoms. The van der Waals surface area contributed by atoms with Gasteiger partial charge in [0.1, 0.15) is 0 Å². The lowest BCUT2D eigenvalue weighted by Crippen LogP contribution is -2.35. The van der Waals surface area contributed by atoms with Crippen molar-refractivity contribution in [1.29, 1.82) is 0 Å². The van der Waals surface area contributed by atoms with Crippen LogP contribution in [0.3, 0.4) is 0 Å². The van der Waals surface area contributed by atoms with Gasteiger partial charge in [0.05, 0.1) is 31.2 Å². The van der Waals surface area contributed by atoms with Gasteiger partial charge in [0.15, 0.2) is 5.13 Å². The molecule has 0 aromatic carbocycles. The number of nitrogens with one attached hydrogen (secondary N) is 1. The van der Waals surface area contributed by atoms with Gasteiger partial charge in [-0.05, 0) is 0 Å². The van der Waals surface area contributed by atoms with Gasteiger partial charge in [-0.15, -0.1) is 0 Å². The van der Waals surface area contributed by atoms with Crippen molar-refractivity contribution >= 4 is 16.5 Å². The number of hydrogen-bond acceptors (Lipinski definition) is 7. The third-order valence-corrected chi connectivity index (χ3v) is 3.42. The molecule has 1 aromatic heterocycles. The van der Waals surface area contributed by atoms with Crippen LogP contribution in [0.2, 0.25) is 0 Å². The molecule has 0 unspecified atom stereocenters. The summed E-state index contributed by atoms with van der Waals surface area (Å²) in [6.07, 6.45) is 0. The lowest BCUT2D eigenvalue weighted by molar-refractivity contribution is 0.170. The largest absolute Gasteiger partial charge is 0.480 e. The summed E-state index contributed by atoms with van der Waals surface area (Å²) in [4.78, 5) is 7.17. The van der Waals surface area contributed by atoms with E-state index >= 15 is 0 Å². The van der Waals surface area contributed by atoms with Gasteiger partial charge in [-0.3, -0.25) is 0 Å². The molecule has 0 amide bonds. The van der Waals surface area contributed by atoms with E-state index in [2.05, 4.69) is 10.3 Å². The number of hydrogen-bond donors (Lipinski definition) is 3. The van der Waals surface area contributed by atoms with E-state index in [1.165, 1.54) is 11.3 Å². The van der Waals surface area contributed by atoms with Crippen molar-refractivity contribution in [3.05, 3.63) is 4.88 Å². The van der Waals surface area contributed by atoms with Crippen molar-refractivity contribution < 1.29 is 14.9 Å². The van der Waals surface area contributed by atoms with E-state index < -0.39 is 0 Å². The monoisotopic (exact) mass is 261 g/mol. The standard InChI is InChI=1S/C10H19N3O3S/c1-13(2)10-12-9(16-3)8(17-10)4-11-7(5-14)6-15/h7,11,14-15H,4-6H2,1-3H3. The fourth-order valence-electron chi connectivity index (χ4n) is 1.21. The molecule has 0 aliphatic carbocycles. The molecule has 0 saturated carbocycles. The summed E-state index contributed by atoms with van der Waals surface area (Å²) in [5, 5.41) is 21.8. The normalized spacial score (nSPS) is 10.9. The summed E-state index contributed by atoms with van der Waals surface area (Å²) in [7, 11) is 5.41. The van der Waals surface area contributed by atoms with Gasteiger partial charge in [-0.1, -0.05) is 11.3 Å².